The lowest BCUT2D eigenvalue weighted by Crippen LogP contribution is -2.12. The van der Waals surface area contributed by atoms with Crippen molar-refractivity contribution in [2.24, 2.45) is 5.73 Å². The minimum absolute atomic E-state index is 0.258. The molecule has 5 heteroatoms. The van der Waals surface area contributed by atoms with E-state index in [1.54, 1.807) is 24.3 Å². The zero-order valence-electron chi connectivity index (χ0n) is 10.2. The van der Waals surface area contributed by atoms with Gasteiger partial charge in [-0.3, -0.25) is 0 Å². The molecule has 0 aliphatic carbocycles. The summed E-state index contributed by atoms with van der Waals surface area (Å²) in [5, 5.41) is 1.34. The number of fused-ring (bicyclic) bond motifs is 1. The Morgan fingerprint density at radius 2 is 1.70 bits per heavy atom. The summed E-state index contributed by atoms with van der Waals surface area (Å²) in [7, 11) is 0. The van der Waals surface area contributed by atoms with Crippen LogP contribution in [0.1, 0.15) is 17.2 Å². The SMILES string of the molecule is NC(c1cc(Cl)sc1Cl)c1ccc(F)c2ccccc12. The molecule has 0 saturated heterocycles. The second-order valence-corrected chi connectivity index (χ2v) is 6.73. The van der Waals surface area contributed by atoms with Gasteiger partial charge in [-0.05, 0) is 23.1 Å². The summed E-state index contributed by atoms with van der Waals surface area (Å²) in [4.78, 5) is 0. The van der Waals surface area contributed by atoms with Crippen LogP contribution in [0, 0.1) is 5.82 Å². The predicted molar refractivity (Wildman–Crippen MR) is 84.3 cm³/mol. The summed E-state index contributed by atoms with van der Waals surface area (Å²) in [6.45, 7) is 0. The molecule has 20 heavy (non-hydrogen) atoms. The average Bonchev–Trinajstić information content (AvgIpc) is 2.78. The molecule has 0 saturated carbocycles. The van der Waals surface area contributed by atoms with Gasteiger partial charge in [0.25, 0.3) is 0 Å². The van der Waals surface area contributed by atoms with Gasteiger partial charge in [-0.2, -0.15) is 0 Å². The lowest BCUT2D eigenvalue weighted by atomic mass is 9.95. The largest absolute Gasteiger partial charge is 0.320 e. The maximum atomic E-state index is 13.8. The van der Waals surface area contributed by atoms with Crippen LogP contribution in [0.4, 0.5) is 4.39 Å². The van der Waals surface area contributed by atoms with E-state index in [4.69, 9.17) is 28.9 Å². The van der Waals surface area contributed by atoms with Gasteiger partial charge in [-0.15, -0.1) is 11.3 Å². The van der Waals surface area contributed by atoms with E-state index in [1.165, 1.54) is 17.4 Å². The molecule has 0 bridgehead atoms. The number of thiophene rings is 1. The summed E-state index contributed by atoms with van der Waals surface area (Å²) in [6.07, 6.45) is 0. The van der Waals surface area contributed by atoms with Gasteiger partial charge >= 0.3 is 0 Å². The second-order valence-electron chi connectivity index (χ2n) is 4.44. The van der Waals surface area contributed by atoms with Crippen LogP contribution in [0.3, 0.4) is 0 Å². The third-order valence-corrected chi connectivity index (χ3v) is 4.78. The Hall–Kier alpha value is -1.13. The van der Waals surface area contributed by atoms with Gasteiger partial charge in [0.2, 0.25) is 0 Å². The van der Waals surface area contributed by atoms with Gasteiger partial charge in [0, 0.05) is 10.9 Å². The minimum atomic E-state index is -0.434. The summed E-state index contributed by atoms with van der Waals surface area (Å²) in [5.41, 5.74) is 7.88. The van der Waals surface area contributed by atoms with Crippen LogP contribution < -0.4 is 5.73 Å². The van der Waals surface area contributed by atoms with Crippen LogP contribution in [0.15, 0.2) is 42.5 Å². The first-order chi connectivity index (χ1) is 9.58. The molecule has 1 aromatic heterocycles. The van der Waals surface area contributed by atoms with Crippen molar-refractivity contribution in [1.82, 2.24) is 0 Å². The van der Waals surface area contributed by atoms with Crippen molar-refractivity contribution in [3.63, 3.8) is 0 Å². The molecule has 0 spiro atoms. The van der Waals surface area contributed by atoms with Crippen molar-refractivity contribution < 1.29 is 4.39 Å². The van der Waals surface area contributed by atoms with Crippen molar-refractivity contribution in [1.29, 1.82) is 0 Å². The Kier molecular flexibility index (Phi) is 3.69. The molecule has 3 aromatic rings. The Labute approximate surface area is 129 Å². The number of hydrogen-bond donors (Lipinski definition) is 1. The molecule has 3 rings (SSSR count). The fourth-order valence-corrected chi connectivity index (χ4v) is 3.84. The summed E-state index contributed by atoms with van der Waals surface area (Å²) in [6, 6.07) is 11.7. The fourth-order valence-electron chi connectivity index (χ4n) is 2.29. The molecule has 1 nitrogen and oxygen atoms in total. The third kappa shape index (κ3) is 2.31. The molecule has 0 aliphatic heterocycles. The molecule has 2 N–H and O–H groups in total. The van der Waals surface area contributed by atoms with Gasteiger partial charge in [0.15, 0.2) is 0 Å². The average molecular weight is 326 g/mol. The van der Waals surface area contributed by atoms with E-state index in [2.05, 4.69) is 0 Å². The van der Waals surface area contributed by atoms with Crippen LogP contribution in [0.5, 0.6) is 0 Å². The zero-order chi connectivity index (χ0) is 14.3. The first-order valence-electron chi connectivity index (χ1n) is 5.95. The Morgan fingerprint density at radius 3 is 2.35 bits per heavy atom. The van der Waals surface area contributed by atoms with Gasteiger partial charge in [-0.25, -0.2) is 4.39 Å². The number of halogens is 3. The summed E-state index contributed by atoms with van der Waals surface area (Å²) in [5.74, 6) is -0.258. The van der Waals surface area contributed by atoms with Crippen molar-refractivity contribution in [2.75, 3.05) is 0 Å². The zero-order valence-corrected chi connectivity index (χ0v) is 12.6. The number of nitrogens with two attached hydrogens (primary N) is 1. The second kappa shape index (κ2) is 5.34. The van der Waals surface area contributed by atoms with Crippen LogP contribution in [0.2, 0.25) is 8.67 Å². The molecular formula is C15H10Cl2FNS. The highest BCUT2D eigenvalue weighted by Gasteiger charge is 2.18. The van der Waals surface area contributed by atoms with Gasteiger partial charge < -0.3 is 5.73 Å². The van der Waals surface area contributed by atoms with Crippen LogP contribution in [0.25, 0.3) is 10.8 Å². The van der Waals surface area contributed by atoms with Crippen molar-refractivity contribution in [3.8, 4) is 0 Å². The van der Waals surface area contributed by atoms with Crippen LogP contribution in [-0.2, 0) is 0 Å². The van der Waals surface area contributed by atoms with E-state index in [1.807, 2.05) is 12.1 Å². The van der Waals surface area contributed by atoms with E-state index >= 15 is 0 Å². The third-order valence-electron chi connectivity index (χ3n) is 3.26. The molecule has 0 aliphatic rings. The van der Waals surface area contributed by atoms with E-state index in [0.717, 1.165) is 16.5 Å². The lowest BCUT2D eigenvalue weighted by molar-refractivity contribution is 0.639. The highest BCUT2D eigenvalue weighted by atomic mass is 35.5. The lowest BCUT2D eigenvalue weighted by Gasteiger charge is -2.14. The molecule has 0 amide bonds. The Morgan fingerprint density at radius 1 is 1.00 bits per heavy atom. The number of benzene rings is 2. The van der Waals surface area contributed by atoms with Gasteiger partial charge in [-0.1, -0.05) is 53.5 Å². The smallest absolute Gasteiger partial charge is 0.131 e. The summed E-state index contributed by atoms with van der Waals surface area (Å²) >= 11 is 13.4. The maximum absolute atomic E-state index is 13.8. The van der Waals surface area contributed by atoms with Crippen LogP contribution >= 0.6 is 34.5 Å². The van der Waals surface area contributed by atoms with Crippen molar-refractivity contribution in [3.05, 3.63) is 68.1 Å². The molecular weight excluding hydrogens is 316 g/mol. The molecule has 2 aromatic carbocycles. The van der Waals surface area contributed by atoms with E-state index < -0.39 is 6.04 Å². The minimum Gasteiger partial charge on any atom is -0.320 e. The Balaban J connectivity index is 2.20. The summed E-state index contributed by atoms with van der Waals surface area (Å²) < 4.78 is 15.0. The van der Waals surface area contributed by atoms with E-state index in [9.17, 15) is 4.39 Å². The quantitative estimate of drug-likeness (QED) is 0.671. The fraction of sp³-hybridized carbons (Fsp3) is 0.0667. The number of rotatable bonds is 2. The first-order valence-corrected chi connectivity index (χ1v) is 7.52. The molecule has 0 radical (unpaired) electrons. The first kappa shape index (κ1) is 13.8. The number of hydrogen-bond acceptors (Lipinski definition) is 2. The van der Waals surface area contributed by atoms with Crippen LogP contribution in [-0.4, -0.2) is 0 Å². The normalized spacial score (nSPS) is 12.8. The van der Waals surface area contributed by atoms with Gasteiger partial charge in [0.1, 0.15) is 5.82 Å². The topological polar surface area (TPSA) is 26.0 Å². The highest BCUT2D eigenvalue weighted by molar-refractivity contribution is 7.20. The Bertz CT molecular complexity index is 785. The monoisotopic (exact) mass is 325 g/mol. The molecule has 1 atom stereocenters. The standard InChI is InChI=1S/C15H10Cl2FNS/c16-13-7-11(15(17)20-13)14(19)10-5-6-12(18)9-4-2-1-3-8(9)10/h1-7,14H,19H2. The highest BCUT2D eigenvalue weighted by Crippen LogP contribution is 2.38. The molecule has 1 unspecified atom stereocenters. The molecule has 102 valence electrons. The molecule has 1 heterocycles. The van der Waals surface area contributed by atoms with E-state index in [-0.39, 0.29) is 5.82 Å². The predicted octanol–water partition coefficient (Wildman–Crippen LogP) is 5.40. The maximum Gasteiger partial charge on any atom is 0.131 e. The van der Waals surface area contributed by atoms with E-state index in [0.29, 0.717) is 14.1 Å². The molecule has 0 fully saturated rings. The van der Waals surface area contributed by atoms with Crippen molar-refractivity contribution in [2.45, 2.75) is 6.04 Å². The van der Waals surface area contributed by atoms with Gasteiger partial charge in [0.05, 0.1) is 14.7 Å². The van der Waals surface area contributed by atoms with Crippen molar-refractivity contribution >= 4 is 45.3 Å².